The summed E-state index contributed by atoms with van der Waals surface area (Å²) < 4.78 is 0. The van der Waals surface area contributed by atoms with Gasteiger partial charge in [-0.05, 0) is 43.8 Å². The van der Waals surface area contributed by atoms with Gasteiger partial charge in [0.05, 0.1) is 12.1 Å². The molecule has 1 fully saturated rings. The zero-order chi connectivity index (χ0) is 20.7. The van der Waals surface area contributed by atoms with Gasteiger partial charge in [0.1, 0.15) is 17.9 Å². The molecule has 2 heterocycles. The first-order chi connectivity index (χ1) is 13.4. The first kappa shape index (κ1) is 20.8. The summed E-state index contributed by atoms with van der Waals surface area (Å²) in [7, 11) is 1.96. The van der Waals surface area contributed by atoms with Crippen molar-refractivity contribution in [3.8, 4) is 11.8 Å². The number of nitriles is 1. The van der Waals surface area contributed by atoms with Crippen LogP contribution in [0.1, 0.15) is 29.2 Å². The fourth-order valence-corrected chi connectivity index (χ4v) is 3.19. The Hall–Kier alpha value is -3.50. The Labute approximate surface area is 164 Å². The number of anilines is 1. The molecule has 0 spiro atoms. The highest BCUT2D eigenvalue weighted by molar-refractivity contribution is 5.84. The molecule has 6 N–H and O–H groups in total. The molecule has 1 aromatic carbocycles. The van der Waals surface area contributed by atoms with Crippen molar-refractivity contribution in [1.82, 2.24) is 9.88 Å². The monoisotopic (exact) mass is 379 g/mol. The van der Waals surface area contributed by atoms with E-state index in [4.69, 9.17) is 21.5 Å². The summed E-state index contributed by atoms with van der Waals surface area (Å²) in [5.41, 5.74) is 15.0. The third-order valence-electron chi connectivity index (χ3n) is 4.66. The maximum absolute atomic E-state index is 9.90. The van der Waals surface area contributed by atoms with Crippen LogP contribution in [0.15, 0.2) is 43.0 Å². The molecule has 0 radical (unpaired) electrons. The van der Waals surface area contributed by atoms with Gasteiger partial charge in [-0.3, -0.25) is 9.69 Å². The number of nitrogens with zero attached hydrogens (tertiary/aromatic N) is 2. The van der Waals surface area contributed by atoms with Crippen LogP contribution in [-0.2, 0) is 4.79 Å². The summed E-state index contributed by atoms with van der Waals surface area (Å²) in [6, 6.07) is 11.1. The molecule has 1 aliphatic rings. The molecular formula is C21H25N5O2. The fraction of sp³-hybridized carbons (Fsp3) is 0.238. The van der Waals surface area contributed by atoms with Gasteiger partial charge in [0.25, 0.3) is 0 Å². The molecule has 0 saturated carbocycles. The number of likely N-dealkylation sites (tertiary alicyclic amines) is 1. The summed E-state index contributed by atoms with van der Waals surface area (Å²) >= 11 is 0. The maximum Gasteiger partial charge on any atom is 0.142 e. The van der Waals surface area contributed by atoms with E-state index in [-0.39, 0.29) is 17.7 Å². The zero-order valence-electron chi connectivity index (χ0n) is 15.8. The summed E-state index contributed by atoms with van der Waals surface area (Å²) in [5, 5.41) is 19.1. The van der Waals surface area contributed by atoms with Gasteiger partial charge in [-0.25, -0.2) is 0 Å². The molecule has 3 rings (SSSR count). The van der Waals surface area contributed by atoms with Crippen LogP contribution in [0, 0.1) is 11.3 Å². The van der Waals surface area contributed by atoms with Gasteiger partial charge in [-0.2, -0.15) is 5.26 Å². The van der Waals surface area contributed by atoms with Crippen molar-refractivity contribution in [2.45, 2.75) is 18.4 Å². The second-order valence-corrected chi connectivity index (χ2v) is 6.60. The Morgan fingerprint density at radius 1 is 1.46 bits per heavy atom. The van der Waals surface area contributed by atoms with E-state index in [1.807, 2.05) is 24.1 Å². The van der Waals surface area contributed by atoms with Crippen molar-refractivity contribution < 1.29 is 9.90 Å². The van der Waals surface area contributed by atoms with Gasteiger partial charge in [0.15, 0.2) is 0 Å². The highest BCUT2D eigenvalue weighted by Crippen LogP contribution is 2.33. The predicted octanol–water partition coefficient (Wildman–Crippen LogP) is 2.44. The highest BCUT2D eigenvalue weighted by Gasteiger charge is 2.31. The topological polar surface area (TPSA) is 132 Å². The first-order valence-corrected chi connectivity index (χ1v) is 8.81. The molecule has 146 valence electrons. The number of hydrogen-bond donors (Lipinski definition) is 4. The predicted molar refractivity (Wildman–Crippen MR) is 111 cm³/mol. The minimum atomic E-state index is -0.0650. The number of carbonyl (C=O) groups is 1. The number of phenolic OH excluding ortho intramolecular Hbond substituents is 1. The van der Waals surface area contributed by atoms with Crippen molar-refractivity contribution in [3.05, 3.63) is 59.8 Å². The quantitative estimate of drug-likeness (QED) is 0.476. The van der Waals surface area contributed by atoms with Crippen LogP contribution < -0.4 is 11.5 Å². The Morgan fingerprint density at radius 3 is 2.71 bits per heavy atom. The van der Waals surface area contributed by atoms with E-state index in [2.05, 4.69) is 17.6 Å². The summed E-state index contributed by atoms with van der Waals surface area (Å²) in [6.45, 7) is 3.93. The molecule has 2 aromatic rings. The lowest BCUT2D eigenvalue weighted by Gasteiger charge is -2.10. The van der Waals surface area contributed by atoms with Crippen LogP contribution in [0.5, 0.6) is 5.75 Å². The van der Waals surface area contributed by atoms with Crippen molar-refractivity contribution in [2.24, 2.45) is 5.73 Å². The van der Waals surface area contributed by atoms with E-state index in [1.54, 1.807) is 24.3 Å². The number of benzene rings is 1. The molecular weight excluding hydrogens is 354 g/mol. The van der Waals surface area contributed by atoms with Gasteiger partial charge >= 0.3 is 0 Å². The third kappa shape index (κ3) is 4.81. The van der Waals surface area contributed by atoms with Crippen molar-refractivity contribution in [1.29, 1.82) is 5.26 Å². The number of nitrogens with one attached hydrogen (secondary N) is 1. The van der Waals surface area contributed by atoms with E-state index in [0.29, 0.717) is 23.4 Å². The van der Waals surface area contributed by atoms with E-state index in [0.717, 1.165) is 24.2 Å². The first-order valence-electron chi connectivity index (χ1n) is 8.81. The SMILES string of the molecule is C=CC=O.CN1CC(c2cc(/C=C(\N)c3ccccc3O)c(N)[nH]2)CC1C#N. The molecule has 0 bridgehead atoms. The Kier molecular flexibility index (Phi) is 7.02. The number of H-pyrrole nitrogens is 1. The van der Waals surface area contributed by atoms with Crippen molar-refractivity contribution in [2.75, 3.05) is 19.3 Å². The van der Waals surface area contributed by atoms with Crippen LogP contribution in [-0.4, -0.2) is 40.9 Å². The number of para-hydroxylation sites is 1. The molecule has 28 heavy (non-hydrogen) atoms. The molecule has 0 amide bonds. The smallest absolute Gasteiger partial charge is 0.142 e. The number of aromatic amines is 1. The van der Waals surface area contributed by atoms with Crippen LogP contribution in [0.3, 0.4) is 0 Å². The highest BCUT2D eigenvalue weighted by atomic mass is 16.3. The second kappa shape index (κ2) is 9.44. The fourth-order valence-electron chi connectivity index (χ4n) is 3.19. The van der Waals surface area contributed by atoms with Gasteiger partial charge in [0.2, 0.25) is 0 Å². The number of phenols is 1. The number of aldehydes is 1. The normalized spacial score (nSPS) is 19.4. The number of aromatic hydroxyl groups is 1. The molecule has 1 saturated heterocycles. The molecule has 2 atom stereocenters. The number of likely N-dealkylation sites (N-methyl/N-ethyl adjacent to an activating group) is 1. The number of rotatable bonds is 4. The van der Waals surface area contributed by atoms with Crippen LogP contribution in [0.2, 0.25) is 0 Å². The number of allylic oxidation sites excluding steroid dienone is 1. The van der Waals surface area contributed by atoms with Crippen molar-refractivity contribution >= 4 is 23.9 Å². The van der Waals surface area contributed by atoms with Crippen LogP contribution in [0.4, 0.5) is 5.82 Å². The number of hydrogen-bond acceptors (Lipinski definition) is 6. The third-order valence-corrected chi connectivity index (χ3v) is 4.66. The summed E-state index contributed by atoms with van der Waals surface area (Å²) in [5.74, 6) is 0.914. The minimum Gasteiger partial charge on any atom is -0.507 e. The Balaban J connectivity index is 0.000000640. The lowest BCUT2D eigenvalue weighted by Crippen LogP contribution is -2.22. The minimum absolute atomic E-state index is 0.0650. The lowest BCUT2D eigenvalue weighted by molar-refractivity contribution is -0.104. The zero-order valence-corrected chi connectivity index (χ0v) is 15.8. The van der Waals surface area contributed by atoms with E-state index in [9.17, 15) is 5.11 Å². The van der Waals surface area contributed by atoms with Crippen LogP contribution in [0.25, 0.3) is 11.8 Å². The largest absolute Gasteiger partial charge is 0.507 e. The van der Waals surface area contributed by atoms with Gasteiger partial charge in [-0.15, -0.1) is 0 Å². The standard InChI is InChI=1S/C18H21N5O.C3H4O/c1-23-10-12(6-13(23)9-19)16-8-11(18(21)22-16)7-15(20)14-4-2-3-5-17(14)24;1-2-3-4/h2-5,7-8,12-13,22,24H,6,10,20-21H2,1H3;2-3H,1H2/b15-7-;. The number of nitrogen functional groups attached to an aromatic ring is 1. The molecule has 0 aliphatic carbocycles. The molecule has 7 nitrogen and oxygen atoms in total. The molecule has 7 heteroatoms. The summed E-state index contributed by atoms with van der Waals surface area (Å²) in [4.78, 5) is 14.3. The Morgan fingerprint density at radius 2 is 2.14 bits per heavy atom. The Bertz CT molecular complexity index is 904. The van der Waals surface area contributed by atoms with Crippen molar-refractivity contribution in [3.63, 3.8) is 0 Å². The van der Waals surface area contributed by atoms with Gasteiger partial charge in [-0.1, -0.05) is 18.7 Å². The molecule has 1 aromatic heterocycles. The second-order valence-electron chi connectivity index (χ2n) is 6.60. The summed E-state index contributed by atoms with van der Waals surface area (Å²) in [6.07, 6.45) is 4.37. The van der Waals surface area contributed by atoms with Gasteiger partial charge in [0, 0.05) is 35.0 Å². The lowest BCUT2D eigenvalue weighted by atomic mass is 10.0. The molecule has 1 aliphatic heterocycles. The van der Waals surface area contributed by atoms with E-state index < -0.39 is 0 Å². The number of carbonyl (C=O) groups excluding carboxylic acids is 1. The van der Waals surface area contributed by atoms with Crippen LogP contribution >= 0.6 is 0 Å². The maximum atomic E-state index is 9.90. The molecule has 2 unspecified atom stereocenters. The van der Waals surface area contributed by atoms with E-state index >= 15 is 0 Å². The number of nitrogens with two attached hydrogens (primary N) is 2. The van der Waals surface area contributed by atoms with E-state index in [1.165, 1.54) is 6.08 Å². The average Bonchev–Trinajstić information content (AvgIpc) is 3.24. The average molecular weight is 379 g/mol. The van der Waals surface area contributed by atoms with Gasteiger partial charge < -0.3 is 21.6 Å². The number of aromatic nitrogens is 1.